The number of carbonyl (C=O) groups is 1. The Morgan fingerprint density at radius 2 is 1.82 bits per heavy atom. The number of rotatable bonds is 8. The minimum Gasteiger partial charge on any atom is -0.375 e. The van der Waals surface area contributed by atoms with Crippen LogP contribution in [0.25, 0.3) is 0 Å². The van der Waals surface area contributed by atoms with Crippen molar-refractivity contribution in [2.75, 3.05) is 26.2 Å². The summed E-state index contributed by atoms with van der Waals surface area (Å²) in [5.41, 5.74) is 4.53. The van der Waals surface area contributed by atoms with E-state index in [2.05, 4.69) is 23.7 Å². The second kappa shape index (κ2) is 10.5. The van der Waals surface area contributed by atoms with Crippen molar-refractivity contribution >= 4 is 17.2 Å². The van der Waals surface area contributed by atoms with Gasteiger partial charge in [-0.25, -0.2) is 0 Å². The zero-order valence-corrected chi connectivity index (χ0v) is 24.3. The monoisotopic (exact) mass is 537 g/mol. The molecule has 1 saturated heterocycles. The fraction of sp³-hybridized carbons (Fsp3) is 0.677. The number of thiophene rings is 1. The number of pyridine rings is 1. The number of aryl methyl sites for hydroxylation is 2. The molecule has 38 heavy (non-hydrogen) atoms. The highest BCUT2D eigenvalue weighted by molar-refractivity contribution is 7.12. The Balaban J connectivity index is 1.07. The van der Waals surface area contributed by atoms with Gasteiger partial charge < -0.3 is 14.6 Å². The van der Waals surface area contributed by atoms with Gasteiger partial charge in [-0.05, 0) is 94.2 Å². The Labute approximate surface area is 230 Å². The minimum absolute atomic E-state index is 0.0763. The Morgan fingerprint density at radius 1 is 1.08 bits per heavy atom. The second-order valence-electron chi connectivity index (χ2n) is 12.5. The number of nitrogens with one attached hydrogen (secondary N) is 1. The minimum atomic E-state index is -0.0763. The van der Waals surface area contributed by atoms with Gasteiger partial charge in [-0.2, -0.15) is 0 Å². The Bertz CT molecular complexity index is 1250. The Morgan fingerprint density at radius 3 is 2.50 bits per heavy atom. The first kappa shape index (κ1) is 26.3. The van der Waals surface area contributed by atoms with Crippen molar-refractivity contribution in [2.45, 2.75) is 97.2 Å². The standard InChI is InChI=1S/C31H43N3O3S/c1-18-13-19(2)32-30(35)26(18)16-33-12-11-27-28(31(33)36)21(4)29(38-27)20(3)23-7-9-24(10-8-23)34-14-25(15-34)37-17-22-5-6-22/h13,20,22-25H,5-12,14-17H2,1-4H3,(H,32,35)/t20?,23-,24-. The molecule has 0 radical (unpaired) electrons. The van der Waals surface area contributed by atoms with Crippen molar-refractivity contribution in [1.82, 2.24) is 14.8 Å². The molecule has 4 aliphatic rings. The smallest absolute Gasteiger partial charge is 0.255 e. The predicted molar refractivity (Wildman–Crippen MR) is 152 cm³/mol. The number of nitrogens with zero attached hydrogens (tertiary/aromatic N) is 2. The van der Waals surface area contributed by atoms with Crippen LogP contribution in [-0.2, 0) is 17.7 Å². The first-order valence-corrected chi connectivity index (χ1v) is 15.6. The van der Waals surface area contributed by atoms with Gasteiger partial charge in [-0.3, -0.25) is 14.5 Å². The van der Waals surface area contributed by atoms with Gasteiger partial charge in [0.25, 0.3) is 11.5 Å². The highest BCUT2D eigenvalue weighted by atomic mass is 32.1. The number of fused-ring (bicyclic) bond motifs is 1. The average molecular weight is 538 g/mol. The third-order valence-electron chi connectivity index (χ3n) is 9.73. The average Bonchev–Trinajstić information content (AvgIpc) is 3.63. The van der Waals surface area contributed by atoms with E-state index in [0.717, 1.165) is 54.9 Å². The van der Waals surface area contributed by atoms with Crippen molar-refractivity contribution in [2.24, 2.45) is 11.8 Å². The van der Waals surface area contributed by atoms with Crippen molar-refractivity contribution < 1.29 is 9.53 Å². The lowest BCUT2D eigenvalue weighted by Gasteiger charge is -2.46. The van der Waals surface area contributed by atoms with Crippen molar-refractivity contribution in [3.05, 3.63) is 54.1 Å². The van der Waals surface area contributed by atoms with Crippen molar-refractivity contribution in [3.63, 3.8) is 0 Å². The summed E-state index contributed by atoms with van der Waals surface area (Å²) in [5, 5.41) is 0. The summed E-state index contributed by atoms with van der Waals surface area (Å²) in [6.45, 7) is 12.7. The van der Waals surface area contributed by atoms with E-state index in [1.165, 1.54) is 53.8 Å². The second-order valence-corrected chi connectivity index (χ2v) is 13.7. The van der Waals surface area contributed by atoms with Crippen LogP contribution in [0.1, 0.15) is 93.9 Å². The zero-order chi connectivity index (χ0) is 26.6. The third-order valence-corrected chi connectivity index (χ3v) is 11.3. The molecule has 3 fully saturated rings. The lowest BCUT2D eigenvalue weighted by Crippen LogP contribution is -2.57. The van der Waals surface area contributed by atoms with Crippen LogP contribution >= 0.6 is 11.3 Å². The van der Waals surface area contributed by atoms with Crippen LogP contribution in [-0.4, -0.2) is 59.1 Å². The maximum atomic E-state index is 13.6. The fourth-order valence-corrected chi connectivity index (χ4v) is 8.44. The summed E-state index contributed by atoms with van der Waals surface area (Å²) in [7, 11) is 0. The number of H-pyrrole nitrogens is 1. The molecule has 2 aliphatic carbocycles. The highest BCUT2D eigenvalue weighted by Gasteiger charge is 2.38. The molecule has 0 spiro atoms. The van der Waals surface area contributed by atoms with E-state index in [9.17, 15) is 9.59 Å². The SMILES string of the molecule is Cc1cc(C)c(CN2CCc3sc(C(C)[C@H]4CC[C@H](N5CC(OCC6CC6)C5)CC4)c(C)c3C2=O)c(=O)[nH]1. The number of likely N-dealkylation sites (tertiary alicyclic amines) is 1. The molecule has 2 aromatic heterocycles. The largest absolute Gasteiger partial charge is 0.375 e. The van der Waals surface area contributed by atoms with Crippen LogP contribution in [0.5, 0.6) is 0 Å². The van der Waals surface area contributed by atoms with E-state index < -0.39 is 0 Å². The molecule has 1 atom stereocenters. The first-order chi connectivity index (χ1) is 18.3. The first-order valence-electron chi connectivity index (χ1n) is 14.7. The number of carbonyl (C=O) groups excluding carboxylic acids is 1. The zero-order valence-electron chi connectivity index (χ0n) is 23.5. The van der Waals surface area contributed by atoms with Crippen LogP contribution in [0.3, 0.4) is 0 Å². The van der Waals surface area contributed by atoms with Crippen LogP contribution in [0.4, 0.5) is 0 Å². The topological polar surface area (TPSA) is 65.6 Å². The van der Waals surface area contributed by atoms with Gasteiger partial charge in [0, 0.05) is 59.7 Å². The van der Waals surface area contributed by atoms with Crippen LogP contribution in [0, 0.1) is 32.6 Å². The number of amides is 1. The van der Waals surface area contributed by atoms with Gasteiger partial charge in [-0.15, -0.1) is 11.3 Å². The van der Waals surface area contributed by atoms with E-state index >= 15 is 0 Å². The summed E-state index contributed by atoms with van der Waals surface area (Å²) in [6, 6.07) is 2.71. The molecule has 206 valence electrons. The lowest BCUT2D eigenvalue weighted by molar-refractivity contribution is -0.0820. The molecule has 7 heteroatoms. The van der Waals surface area contributed by atoms with Crippen LogP contribution in [0.2, 0.25) is 0 Å². The number of aromatic nitrogens is 1. The predicted octanol–water partition coefficient (Wildman–Crippen LogP) is 5.33. The molecule has 2 aromatic rings. The number of hydrogen-bond acceptors (Lipinski definition) is 5. The summed E-state index contributed by atoms with van der Waals surface area (Å²) in [5.74, 6) is 2.12. The molecule has 1 unspecified atom stereocenters. The van der Waals surface area contributed by atoms with Crippen molar-refractivity contribution in [3.8, 4) is 0 Å². The molecule has 4 heterocycles. The molecule has 2 saturated carbocycles. The maximum absolute atomic E-state index is 13.6. The Hall–Kier alpha value is -1.96. The van der Waals surface area contributed by atoms with Gasteiger partial charge in [-0.1, -0.05) is 6.92 Å². The third kappa shape index (κ3) is 5.14. The molecule has 0 aromatic carbocycles. The van der Waals surface area contributed by atoms with E-state index in [0.29, 0.717) is 36.6 Å². The quantitative estimate of drug-likeness (QED) is 0.494. The Kier molecular flexibility index (Phi) is 7.29. The summed E-state index contributed by atoms with van der Waals surface area (Å²) >= 11 is 1.88. The van der Waals surface area contributed by atoms with Gasteiger partial charge in [0.05, 0.1) is 18.2 Å². The van der Waals surface area contributed by atoms with E-state index in [1.54, 1.807) is 0 Å². The molecule has 6 rings (SSSR count). The number of hydrogen-bond donors (Lipinski definition) is 1. The molecule has 6 nitrogen and oxygen atoms in total. The molecular weight excluding hydrogens is 494 g/mol. The lowest BCUT2D eigenvalue weighted by atomic mass is 9.76. The molecule has 1 N–H and O–H groups in total. The van der Waals surface area contributed by atoms with Crippen LogP contribution < -0.4 is 5.56 Å². The molecular formula is C31H43N3O3S. The summed E-state index contributed by atoms with van der Waals surface area (Å²) < 4.78 is 6.07. The van der Waals surface area contributed by atoms with Gasteiger partial charge in [0.1, 0.15) is 0 Å². The van der Waals surface area contributed by atoms with E-state index in [-0.39, 0.29) is 11.5 Å². The fourth-order valence-electron chi connectivity index (χ4n) is 7.01. The van der Waals surface area contributed by atoms with E-state index in [1.807, 2.05) is 36.2 Å². The summed E-state index contributed by atoms with van der Waals surface area (Å²) in [6.07, 6.45) is 9.20. The normalized spacial score (nSPS) is 25.4. The van der Waals surface area contributed by atoms with Gasteiger partial charge >= 0.3 is 0 Å². The van der Waals surface area contributed by atoms with Crippen molar-refractivity contribution in [1.29, 1.82) is 0 Å². The molecule has 2 aliphatic heterocycles. The maximum Gasteiger partial charge on any atom is 0.255 e. The highest BCUT2D eigenvalue weighted by Crippen LogP contribution is 2.44. The summed E-state index contributed by atoms with van der Waals surface area (Å²) in [4.78, 5) is 36.3. The molecule has 0 bridgehead atoms. The van der Waals surface area contributed by atoms with E-state index in [4.69, 9.17) is 4.74 Å². The number of ether oxygens (including phenoxy) is 1. The number of aromatic amines is 1. The van der Waals surface area contributed by atoms with Gasteiger partial charge in [0.2, 0.25) is 0 Å². The molecule has 1 amide bonds. The van der Waals surface area contributed by atoms with Crippen LogP contribution in [0.15, 0.2) is 10.9 Å². The van der Waals surface area contributed by atoms with Gasteiger partial charge in [0.15, 0.2) is 0 Å².